The summed E-state index contributed by atoms with van der Waals surface area (Å²) in [6.45, 7) is 10.9. The van der Waals surface area contributed by atoms with Crippen LogP contribution in [0.5, 0.6) is 0 Å². The van der Waals surface area contributed by atoms with Crippen molar-refractivity contribution in [3.05, 3.63) is 77.6 Å². The Labute approximate surface area is 327 Å². The molecular formula is C41H52N10O5. The molecule has 2 aromatic heterocycles. The van der Waals surface area contributed by atoms with E-state index >= 15 is 0 Å². The number of hydrogen-bond donors (Lipinski definition) is 3. The maximum absolute atomic E-state index is 14.5. The fourth-order valence-corrected chi connectivity index (χ4v) is 7.38. The first kappa shape index (κ1) is 40.0. The Kier molecular flexibility index (Phi) is 12.4. The highest BCUT2D eigenvalue weighted by molar-refractivity contribution is 6.02. The van der Waals surface area contributed by atoms with Crippen molar-refractivity contribution in [3.63, 3.8) is 0 Å². The smallest absolute Gasteiger partial charge is 0.407 e. The molecule has 2 aromatic carbocycles. The molecule has 15 heteroatoms. The average molecular weight is 765 g/mol. The van der Waals surface area contributed by atoms with Gasteiger partial charge in [-0.1, -0.05) is 24.3 Å². The van der Waals surface area contributed by atoms with Gasteiger partial charge < -0.3 is 25.6 Å². The second-order valence-electron chi connectivity index (χ2n) is 15.9. The highest BCUT2D eigenvalue weighted by Gasteiger charge is 2.36. The third-order valence-electron chi connectivity index (χ3n) is 10.6. The van der Waals surface area contributed by atoms with Crippen molar-refractivity contribution in [3.8, 4) is 22.5 Å². The van der Waals surface area contributed by atoms with Gasteiger partial charge >= 0.3 is 6.09 Å². The Hall–Kier alpha value is -5.70. The fourth-order valence-electron chi connectivity index (χ4n) is 7.38. The number of primary amides is 1. The topological polar surface area (TPSA) is 193 Å². The average Bonchev–Trinajstić information content (AvgIpc) is 3.72. The molecule has 0 spiro atoms. The van der Waals surface area contributed by atoms with Crippen LogP contribution in [0.15, 0.2) is 60.8 Å². The molecule has 1 atom stereocenters. The minimum absolute atomic E-state index is 0.0624. The summed E-state index contributed by atoms with van der Waals surface area (Å²) in [4.78, 5) is 63.3. The molecule has 15 nitrogen and oxygen atoms in total. The van der Waals surface area contributed by atoms with E-state index in [1.165, 1.54) is 0 Å². The van der Waals surface area contributed by atoms with Crippen LogP contribution in [-0.2, 0) is 20.7 Å². The molecule has 6 rings (SSSR count). The van der Waals surface area contributed by atoms with Crippen molar-refractivity contribution in [2.45, 2.75) is 71.4 Å². The molecule has 4 amide bonds. The predicted molar refractivity (Wildman–Crippen MR) is 211 cm³/mol. The van der Waals surface area contributed by atoms with Crippen LogP contribution < -0.4 is 16.0 Å². The van der Waals surface area contributed by atoms with Gasteiger partial charge in [-0.25, -0.2) is 9.89 Å². The summed E-state index contributed by atoms with van der Waals surface area (Å²) in [6, 6.07) is 15.8. The molecule has 2 fully saturated rings. The minimum atomic E-state index is -0.971. The lowest BCUT2D eigenvalue weighted by Crippen LogP contribution is -2.52. The number of benzene rings is 2. The Bertz CT molecular complexity index is 1980. The molecular weight excluding hydrogens is 713 g/mol. The number of amides is 4. The standard InChI is InChI=1S/C41H52N10O5/c1-26-22-34(39(54)50-20-18-49(5)19-21-50)43-25-33(26)29-10-6-27(7-11-29)23-35(36(42)52)51(32-16-14-30(15-17-32)37-45-47-48-46-37)38(53)31-12-8-28(9-13-31)24-44-40(55)56-41(2,3)4/h6-7,10-11,14-17,22,25,28,31,35H,8-9,12-13,18-21,23-24H2,1-5H3,(H2,42,52)(H,44,55)(H,45,46,47,48)/t28-,31-,35-/m0/s1. The maximum atomic E-state index is 14.5. The number of aromatic amines is 1. The number of likely N-dealkylation sites (N-methyl/N-ethyl adjacent to an activating group) is 1. The van der Waals surface area contributed by atoms with E-state index in [1.54, 1.807) is 35.4 Å². The number of tetrazole rings is 1. The Morgan fingerprint density at radius 1 is 0.964 bits per heavy atom. The summed E-state index contributed by atoms with van der Waals surface area (Å²) < 4.78 is 5.38. The molecule has 2 aliphatic rings. The molecule has 1 saturated carbocycles. The molecule has 1 saturated heterocycles. The normalized spacial score (nSPS) is 18.2. The van der Waals surface area contributed by atoms with Crippen LogP contribution in [0.4, 0.5) is 10.5 Å². The number of ether oxygens (including phenoxy) is 1. The number of pyridine rings is 1. The van der Waals surface area contributed by atoms with Gasteiger partial charge in [-0.3, -0.25) is 24.3 Å². The third kappa shape index (κ3) is 9.93. The van der Waals surface area contributed by atoms with Crippen molar-refractivity contribution >= 4 is 29.5 Å². The van der Waals surface area contributed by atoms with Crippen LogP contribution in [0.1, 0.15) is 68.1 Å². The second-order valence-corrected chi connectivity index (χ2v) is 15.9. The molecule has 3 heterocycles. The lowest BCUT2D eigenvalue weighted by molar-refractivity contribution is -0.127. The Balaban J connectivity index is 1.18. The molecule has 56 heavy (non-hydrogen) atoms. The summed E-state index contributed by atoms with van der Waals surface area (Å²) in [5.41, 5.74) is 10.8. The zero-order valence-corrected chi connectivity index (χ0v) is 32.8. The number of H-pyrrole nitrogens is 1. The number of nitrogens with zero attached hydrogens (tertiary/aromatic N) is 7. The first-order valence-corrected chi connectivity index (χ1v) is 19.2. The number of aryl methyl sites for hydroxylation is 1. The second kappa shape index (κ2) is 17.4. The number of aromatic nitrogens is 5. The van der Waals surface area contributed by atoms with Crippen molar-refractivity contribution < 1.29 is 23.9 Å². The van der Waals surface area contributed by atoms with E-state index in [0.717, 1.165) is 53.7 Å². The number of carbonyl (C=O) groups is 4. The number of carbonyl (C=O) groups excluding carboxylic acids is 4. The number of rotatable bonds is 11. The summed E-state index contributed by atoms with van der Waals surface area (Å²) in [5.74, 6) is -0.522. The highest BCUT2D eigenvalue weighted by atomic mass is 16.6. The SMILES string of the molecule is Cc1cc(C(=O)N2CCN(C)CC2)ncc1-c1ccc(C[C@@H](C(N)=O)N(c2ccc(-c3nnn[nH]3)cc2)C(=O)[C@H]2CC[C@H](CNC(=O)OC(C)(C)C)CC2)cc1. The molecule has 0 bridgehead atoms. The van der Waals surface area contributed by atoms with Crippen LogP contribution in [-0.4, -0.2) is 111 Å². The van der Waals surface area contributed by atoms with Crippen molar-refractivity contribution in [2.24, 2.45) is 17.6 Å². The summed E-state index contributed by atoms with van der Waals surface area (Å²) >= 11 is 0. The number of nitrogens with one attached hydrogen (secondary N) is 2. The lowest BCUT2D eigenvalue weighted by atomic mass is 9.81. The Morgan fingerprint density at radius 3 is 2.21 bits per heavy atom. The van der Waals surface area contributed by atoms with Crippen molar-refractivity contribution in [2.75, 3.05) is 44.7 Å². The number of nitrogens with two attached hydrogens (primary N) is 1. The third-order valence-corrected chi connectivity index (χ3v) is 10.6. The predicted octanol–water partition coefficient (Wildman–Crippen LogP) is 4.39. The van der Waals surface area contributed by atoms with Crippen LogP contribution >= 0.6 is 0 Å². The van der Waals surface area contributed by atoms with Crippen LogP contribution in [0.2, 0.25) is 0 Å². The van der Waals surface area contributed by atoms with E-state index in [4.69, 9.17) is 10.5 Å². The Morgan fingerprint density at radius 2 is 1.62 bits per heavy atom. The lowest BCUT2D eigenvalue weighted by Gasteiger charge is -2.36. The molecule has 0 radical (unpaired) electrons. The van der Waals surface area contributed by atoms with E-state index in [-0.39, 0.29) is 30.1 Å². The van der Waals surface area contributed by atoms with E-state index in [1.807, 2.05) is 62.9 Å². The maximum Gasteiger partial charge on any atom is 0.407 e. The summed E-state index contributed by atoms with van der Waals surface area (Å²) in [5, 5.41) is 16.9. The fraction of sp³-hybridized carbons (Fsp3) is 0.463. The highest BCUT2D eigenvalue weighted by Crippen LogP contribution is 2.33. The summed E-state index contributed by atoms with van der Waals surface area (Å²) in [7, 11) is 2.05. The van der Waals surface area contributed by atoms with Gasteiger partial charge in [-0.05, 0) is 124 Å². The van der Waals surface area contributed by atoms with Gasteiger partial charge in [0.1, 0.15) is 17.3 Å². The van der Waals surface area contributed by atoms with Crippen LogP contribution in [0.3, 0.4) is 0 Å². The van der Waals surface area contributed by atoms with E-state index in [2.05, 4.69) is 42.9 Å². The monoisotopic (exact) mass is 764 g/mol. The zero-order valence-electron chi connectivity index (χ0n) is 32.8. The van der Waals surface area contributed by atoms with Gasteiger partial charge in [-0.15, -0.1) is 5.10 Å². The van der Waals surface area contributed by atoms with Crippen LogP contribution in [0, 0.1) is 18.8 Å². The van der Waals surface area contributed by atoms with Gasteiger partial charge in [0, 0.05) is 68.1 Å². The molecule has 4 N–H and O–H groups in total. The van der Waals surface area contributed by atoms with Gasteiger partial charge in [0.2, 0.25) is 11.8 Å². The van der Waals surface area contributed by atoms with E-state index in [9.17, 15) is 19.2 Å². The van der Waals surface area contributed by atoms with Gasteiger partial charge in [0.25, 0.3) is 5.91 Å². The number of piperazine rings is 1. The quantitative estimate of drug-likeness (QED) is 0.197. The molecule has 0 unspecified atom stereocenters. The van der Waals surface area contributed by atoms with E-state index < -0.39 is 23.6 Å². The number of alkyl carbamates (subject to hydrolysis) is 1. The van der Waals surface area contributed by atoms with Crippen LogP contribution in [0.25, 0.3) is 22.5 Å². The van der Waals surface area contributed by atoms with Gasteiger partial charge in [-0.2, -0.15) is 0 Å². The molecule has 1 aliphatic carbocycles. The largest absolute Gasteiger partial charge is 0.444 e. The summed E-state index contributed by atoms with van der Waals surface area (Å²) in [6.07, 6.45) is 4.15. The first-order chi connectivity index (χ1) is 26.8. The van der Waals surface area contributed by atoms with E-state index in [0.29, 0.717) is 49.7 Å². The minimum Gasteiger partial charge on any atom is -0.444 e. The number of hydrogen-bond acceptors (Lipinski definition) is 10. The van der Waals surface area contributed by atoms with Crippen molar-refractivity contribution in [1.29, 1.82) is 0 Å². The zero-order chi connectivity index (χ0) is 40.0. The number of anilines is 1. The molecule has 296 valence electrons. The molecule has 1 aliphatic heterocycles. The van der Waals surface area contributed by atoms with Gasteiger partial charge in [0.05, 0.1) is 0 Å². The first-order valence-electron chi connectivity index (χ1n) is 19.2. The van der Waals surface area contributed by atoms with Gasteiger partial charge in [0.15, 0.2) is 5.82 Å². The van der Waals surface area contributed by atoms with Crippen molar-refractivity contribution in [1.82, 2.24) is 40.7 Å². The molecule has 4 aromatic rings.